The number of nitrogens with zero attached hydrogens (tertiary/aromatic N) is 2. The second kappa shape index (κ2) is 7.17. The molecule has 3 rings (SSSR count). The summed E-state index contributed by atoms with van der Waals surface area (Å²) >= 11 is 0. The fourth-order valence-corrected chi connectivity index (χ4v) is 3.44. The summed E-state index contributed by atoms with van der Waals surface area (Å²) in [5.41, 5.74) is 0.740. The standard InChI is InChI=1S/C16H23N3O3/c1-21-6-5-19-8-12-10-22-11-15(14(12)9-19)16(20)18-13-3-2-4-17-7-13/h2-4,7,12,14-15H,5-6,8-11H2,1H3,(H,18,20)/t12-,14-,15-/m1/s1. The second-order valence-electron chi connectivity index (χ2n) is 6.05. The van der Waals surface area contributed by atoms with Crippen LogP contribution in [0.15, 0.2) is 24.5 Å². The Bertz CT molecular complexity index is 497. The van der Waals surface area contributed by atoms with E-state index in [4.69, 9.17) is 9.47 Å². The fourth-order valence-electron chi connectivity index (χ4n) is 3.44. The van der Waals surface area contributed by atoms with Crippen molar-refractivity contribution >= 4 is 11.6 Å². The Balaban J connectivity index is 1.62. The minimum absolute atomic E-state index is 0.0382. The quantitative estimate of drug-likeness (QED) is 0.874. The summed E-state index contributed by atoms with van der Waals surface area (Å²) in [6.07, 6.45) is 3.36. The number of methoxy groups -OCH3 is 1. The number of ether oxygens (including phenoxy) is 2. The normalized spacial score (nSPS) is 28.3. The van der Waals surface area contributed by atoms with Gasteiger partial charge in [0.25, 0.3) is 0 Å². The number of nitrogens with one attached hydrogen (secondary N) is 1. The van der Waals surface area contributed by atoms with Crippen molar-refractivity contribution < 1.29 is 14.3 Å². The van der Waals surface area contributed by atoms with Crippen molar-refractivity contribution in [1.29, 1.82) is 0 Å². The summed E-state index contributed by atoms with van der Waals surface area (Å²) in [4.78, 5) is 19.0. The van der Waals surface area contributed by atoms with Crippen LogP contribution in [0.1, 0.15) is 0 Å². The van der Waals surface area contributed by atoms with Crippen LogP contribution in [0.4, 0.5) is 5.69 Å². The number of pyridine rings is 1. The zero-order valence-electron chi connectivity index (χ0n) is 12.9. The van der Waals surface area contributed by atoms with E-state index in [9.17, 15) is 4.79 Å². The van der Waals surface area contributed by atoms with E-state index in [1.54, 1.807) is 19.5 Å². The molecule has 0 bridgehead atoms. The highest BCUT2D eigenvalue weighted by molar-refractivity contribution is 5.92. The first kappa shape index (κ1) is 15.4. The van der Waals surface area contributed by atoms with E-state index in [0.29, 0.717) is 18.4 Å². The molecule has 3 heterocycles. The van der Waals surface area contributed by atoms with Gasteiger partial charge in [-0.3, -0.25) is 9.78 Å². The summed E-state index contributed by atoms with van der Waals surface area (Å²) in [5, 5.41) is 2.96. The van der Waals surface area contributed by atoms with Gasteiger partial charge in [0.1, 0.15) is 0 Å². The van der Waals surface area contributed by atoms with E-state index >= 15 is 0 Å². The maximum atomic E-state index is 12.6. The molecule has 6 heteroatoms. The molecule has 2 saturated heterocycles. The maximum Gasteiger partial charge on any atom is 0.230 e. The van der Waals surface area contributed by atoms with Crippen molar-refractivity contribution in [3.63, 3.8) is 0 Å². The number of hydrogen-bond donors (Lipinski definition) is 1. The van der Waals surface area contributed by atoms with Gasteiger partial charge in [-0.1, -0.05) is 0 Å². The van der Waals surface area contributed by atoms with E-state index in [1.165, 1.54) is 0 Å². The summed E-state index contributed by atoms with van der Waals surface area (Å²) in [7, 11) is 1.72. The maximum absolute atomic E-state index is 12.6. The zero-order valence-corrected chi connectivity index (χ0v) is 12.9. The molecule has 1 amide bonds. The summed E-state index contributed by atoms with van der Waals surface area (Å²) in [5.74, 6) is 0.750. The van der Waals surface area contributed by atoms with Crippen molar-refractivity contribution in [2.24, 2.45) is 17.8 Å². The highest BCUT2D eigenvalue weighted by Gasteiger charge is 2.43. The van der Waals surface area contributed by atoms with Crippen LogP contribution >= 0.6 is 0 Å². The van der Waals surface area contributed by atoms with Crippen LogP contribution in [0.3, 0.4) is 0 Å². The molecule has 22 heavy (non-hydrogen) atoms. The predicted molar refractivity (Wildman–Crippen MR) is 82.5 cm³/mol. The number of hydrogen-bond acceptors (Lipinski definition) is 5. The average molecular weight is 305 g/mol. The number of anilines is 1. The molecular formula is C16H23N3O3. The lowest BCUT2D eigenvalue weighted by Crippen LogP contribution is -2.41. The number of likely N-dealkylation sites (tertiary alicyclic amines) is 1. The molecule has 120 valence electrons. The Morgan fingerprint density at radius 2 is 2.41 bits per heavy atom. The van der Waals surface area contributed by atoms with E-state index in [-0.39, 0.29) is 11.8 Å². The van der Waals surface area contributed by atoms with E-state index in [2.05, 4.69) is 15.2 Å². The number of carbonyl (C=O) groups is 1. The predicted octanol–water partition coefficient (Wildman–Crippen LogP) is 0.861. The van der Waals surface area contributed by atoms with Crippen LogP contribution < -0.4 is 5.32 Å². The monoisotopic (exact) mass is 305 g/mol. The van der Waals surface area contributed by atoms with E-state index < -0.39 is 0 Å². The molecule has 2 fully saturated rings. The SMILES string of the molecule is COCCN1C[C@@H]2COC[C@@H](C(=O)Nc3cccnc3)[C@@H]2C1. The lowest BCUT2D eigenvalue weighted by Gasteiger charge is -2.32. The van der Waals surface area contributed by atoms with Gasteiger partial charge in [0.2, 0.25) is 5.91 Å². The smallest absolute Gasteiger partial charge is 0.230 e. The van der Waals surface area contributed by atoms with Crippen LogP contribution in [0.2, 0.25) is 0 Å². The molecule has 3 atom stereocenters. The average Bonchev–Trinajstić information content (AvgIpc) is 2.96. The first-order valence-electron chi connectivity index (χ1n) is 7.78. The molecule has 0 unspecified atom stereocenters. The van der Waals surface area contributed by atoms with Crippen LogP contribution in [-0.4, -0.2) is 62.4 Å². The Hall–Kier alpha value is -1.50. The van der Waals surface area contributed by atoms with Gasteiger partial charge in [-0.15, -0.1) is 0 Å². The molecule has 0 saturated carbocycles. The Labute approximate surface area is 130 Å². The minimum Gasteiger partial charge on any atom is -0.383 e. The fraction of sp³-hybridized carbons (Fsp3) is 0.625. The van der Waals surface area contributed by atoms with Gasteiger partial charge in [-0.25, -0.2) is 0 Å². The molecule has 0 radical (unpaired) electrons. The summed E-state index contributed by atoms with van der Waals surface area (Å²) in [6, 6.07) is 3.67. The number of rotatable bonds is 5. The van der Waals surface area contributed by atoms with Crippen LogP contribution in [-0.2, 0) is 14.3 Å². The van der Waals surface area contributed by atoms with Crippen molar-refractivity contribution in [3.8, 4) is 0 Å². The zero-order chi connectivity index (χ0) is 15.4. The molecule has 2 aliphatic heterocycles. The highest BCUT2D eigenvalue weighted by Crippen LogP contribution is 2.34. The number of carbonyl (C=O) groups excluding carboxylic acids is 1. The Kier molecular flexibility index (Phi) is 5.02. The lowest BCUT2D eigenvalue weighted by molar-refractivity contribution is -0.128. The van der Waals surface area contributed by atoms with Crippen LogP contribution in [0.25, 0.3) is 0 Å². The molecule has 0 aliphatic carbocycles. The lowest BCUT2D eigenvalue weighted by atomic mass is 9.82. The van der Waals surface area contributed by atoms with Gasteiger partial charge in [0.05, 0.1) is 37.6 Å². The Morgan fingerprint density at radius 3 is 3.18 bits per heavy atom. The molecule has 0 spiro atoms. The highest BCUT2D eigenvalue weighted by atomic mass is 16.5. The summed E-state index contributed by atoms with van der Waals surface area (Å²) < 4.78 is 10.8. The number of aromatic nitrogens is 1. The Morgan fingerprint density at radius 1 is 1.50 bits per heavy atom. The van der Waals surface area contributed by atoms with Crippen molar-refractivity contribution in [3.05, 3.63) is 24.5 Å². The van der Waals surface area contributed by atoms with Gasteiger partial charge >= 0.3 is 0 Å². The number of fused-ring (bicyclic) bond motifs is 1. The van der Waals surface area contributed by atoms with Gasteiger partial charge < -0.3 is 19.7 Å². The largest absolute Gasteiger partial charge is 0.383 e. The molecule has 6 nitrogen and oxygen atoms in total. The first-order chi connectivity index (χ1) is 10.8. The third-order valence-corrected chi connectivity index (χ3v) is 4.59. The van der Waals surface area contributed by atoms with Crippen molar-refractivity contribution in [2.45, 2.75) is 0 Å². The van der Waals surface area contributed by atoms with E-state index in [0.717, 1.165) is 38.5 Å². The van der Waals surface area contributed by atoms with Gasteiger partial charge in [-0.2, -0.15) is 0 Å². The van der Waals surface area contributed by atoms with E-state index in [1.807, 2.05) is 12.1 Å². The molecule has 2 aliphatic rings. The third-order valence-electron chi connectivity index (χ3n) is 4.59. The first-order valence-corrected chi connectivity index (χ1v) is 7.78. The van der Waals surface area contributed by atoms with Crippen molar-refractivity contribution in [2.75, 3.05) is 51.9 Å². The van der Waals surface area contributed by atoms with Gasteiger partial charge in [0, 0.05) is 32.9 Å². The van der Waals surface area contributed by atoms with Gasteiger partial charge in [-0.05, 0) is 24.0 Å². The molecule has 0 aromatic carbocycles. The third kappa shape index (κ3) is 3.45. The summed E-state index contributed by atoms with van der Waals surface area (Å²) in [6.45, 7) is 4.84. The number of amides is 1. The molecular weight excluding hydrogens is 282 g/mol. The minimum atomic E-state index is -0.0912. The van der Waals surface area contributed by atoms with Crippen LogP contribution in [0.5, 0.6) is 0 Å². The molecule has 1 aromatic heterocycles. The van der Waals surface area contributed by atoms with Gasteiger partial charge in [0.15, 0.2) is 0 Å². The van der Waals surface area contributed by atoms with Crippen LogP contribution in [0, 0.1) is 17.8 Å². The second-order valence-corrected chi connectivity index (χ2v) is 6.05. The topological polar surface area (TPSA) is 63.7 Å². The molecule has 1 N–H and O–H groups in total. The molecule has 1 aromatic rings. The van der Waals surface area contributed by atoms with Crippen molar-refractivity contribution in [1.82, 2.24) is 9.88 Å².